The van der Waals surface area contributed by atoms with Gasteiger partial charge < -0.3 is 19.1 Å². The van der Waals surface area contributed by atoms with Crippen molar-refractivity contribution in [3.8, 4) is 5.75 Å². The SMILES string of the molecule is COCc1cc(COc2cccc(Cl)c2CO)no1. The smallest absolute Gasteiger partial charge is 0.162 e. The fourth-order valence-corrected chi connectivity index (χ4v) is 1.84. The van der Waals surface area contributed by atoms with Crippen molar-refractivity contribution in [2.45, 2.75) is 19.8 Å². The highest BCUT2D eigenvalue weighted by Crippen LogP contribution is 2.26. The average molecular weight is 284 g/mol. The summed E-state index contributed by atoms with van der Waals surface area (Å²) >= 11 is 5.97. The molecule has 1 aromatic heterocycles. The number of aliphatic hydroxyl groups is 1. The van der Waals surface area contributed by atoms with Crippen molar-refractivity contribution in [2.75, 3.05) is 7.11 Å². The maximum absolute atomic E-state index is 9.26. The van der Waals surface area contributed by atoms with Crippen LogP contribution in [0, 0.1) is 0 Å². The van der Waals surface area contributed by atoms with E-state index in [1.165, 1.54) is 0 Å². The van der Waals surface area contributed by atoms with Gasteiger partial charge in [0.2, 0.25) is 0 Å². The standard InChI is InChI=1S/C13H14ClNO4/c1-17-8-10-5-9(15-19-10)7-18-13-4-2-3-12(14)11(13)6-16/h2-5,16H,6-8H2,1H3. The summed E-state index contributed by atoms with van der Waals surface area (Å²) in [6.07, 6.45) is 0. The first-order valence-electron chi connectivity index (χ1n) is 5.69. The molecule has 0 radical (unpaired) electrons. The summed E-state index contributed by atoms with van der Waals surface area (Å²) in [5.41, 5.74) is 1.21. The molecule has 19 heavy (non-hydrogen) atoms. The Hall–Kier alpha value is -1.56. The van der Waals surface area contributed by atoms with Crippen molar-refractivity contribution in [1.82, 2.24) is 5.16 Å². The van der Waals surface area contributed by atoms with E-state index in [0.717, 1.165) is 0 Å². The summed E-state index contributed by atoms with van der Waals surface area (Å²) in [7, 11) is 1.58. The van der Waals surface area contributed by atoms with E-state index >= 15 is 0 Å². The quantitative estimate of drug-likeness (QED) is 0.882. The van der Waals surface area contributed by atoms with Crippen LogP contribution in [-0.2, 0) is 24.6 Å². The highest BCUT2D eigenvalue weighted by atomic mass is 35.5. The minimum absolute atomic E-state index is 0.178. The molecule has 6 heteroatoms. The first-order valence-corrected chi connectivity index (χ1v) is 6.07. The zero-order valence-corrected chi connectivity index (χ0v) is 11.2. The van der Waals surface area contributed by atoms with Crippen molar-refractivity contribution < 1.29 is 19.1 Å². The fourth-order valence-electron chi connectivity index (χ4n) is 1.61. The summed E-state index contributed by atoms with van der Waals surface area (Å²) in [5, 5.41) is 13.6. The number of methoxy groups -OCH3 is 1. The van der Waals surface area contributed by atoms with Crippen LogP contribution in [0.1, 0.15) is 17.0 Å². The van der Waals surface area contributed by atoms with Gasteiger partial charge in [-0.1, -0.05) is 22.8 Å². The number of benzene rings is 1. The molecule has 0 aliphatic carbocycles. The summed E-state index contributed by atoms with van der Waals surface area (Å²) in [6.45, 7) is 0.426. The van der Waals surface area contributed by atoms with E-state index in [1.807, 2.05) is 0 Å². The second kappa shape index (κ2) is 6.56. The lowest BCUT2D eigenvalue weighted by Crippen LogP contribution is -1.99. The van der Waals surface area contributed by atoms with Crippen molar-refractivity contribution in [3.05, 3.63) is 46.3 Å². The van der Waals surface area contributed by atoms with E-state index in [0.29, 0.717) is 34.4 Å². The van der Waals surface area contributed by atoms with Gasteiger partial charge in [0.05, 0.1) is 6.61 Å². The van der Waals surface area contributed by atoms with Gasteiger partial charge in [0, 0.05) is 23.8 Å². The van der Waals surface area contributed by atoms with Gasteiger partial charge in [0.15, 0.2) is 5.76 Å². The Balaban J connectivity index is 2.03. The monoisotopic (exact) mass is 283 g/mol. The highest BCUT2D eigenvalue weighted by Gasteiger charge is 2.09. The molecule has 0 spiro atoms. The first-order chi connectivity index (χ1) is 9.24. The van der Waals surface area contributed by atoms with Gasteiger partial charge in [-0.25, -0.2) is 0 Å². The van der Waals surface area contributed by atoms with Gasteiger partial charge in [-0.05, 0) is 12.1 Å². The van der Waals surface area contributed by atoms with Crippen molar-refractivity contribution in [3.63, 3.8) is 0 Å². The predicted octanol–water partition coefficient (Wildman–Crippen LogP) is 2.55. The van der Waals surface area contributed by atoms with Crippen molar-refractivity contribution >= 4 is 11.6 Å². The molecule has 0 amide bonds. The molecule has 2 aromatic rings. The lowest BCUT2D eigenvalue weighted by Gasteiger charge is -2.09. The third kappa shape index (κ3) is 3.47. The molecule has 1 N–H and O–H groups in total. The molecule has 0 unspecified atom stereocenters. The Bertz CT molecular complexity index is 541. The second-order valence-corrected chi connectivity index (χ2v) is 4.29. The Labute approximate surface area is 115 Å². The van der Waals surface area contributed by atoms with Crippen LogP contribution in [-0.4, -0.2) is 17.4 Å². The van der Waals surface area contributed by atoms with Gasteiger partial charge in [-0.15, -0.1) is 0 Å². The van der Waals surface area contributed by atoms with E-state index in [9.17, 15) is 5.11 Å². The number of halogens is 1. The number of nitrogens with zero attached hydrogens (tertiary/aromatic N) is 1. The molecular weight excluding hydrogens is 270 g/mol. The Morgan fingerprint density at radius 2 is 2.21 bits per heavy atom. The first kappa shape index (κ1) is 13.9. The molecule has 0 aliphatic heterocycles. The van der Waals surface area contributed by atoms with Gasteiger partial charge >= 0.3 is 0 Å². The van der Waals surface area contributed by atoms with Gasteiger partial charge in [0.25, 0.3) is 0 Å². The van der Waals surface area contributed by atoms with Gasteiger partial charge in [0.1, 0.15) is 24.7 Å². The van der Waals surface area contributed by atoms with Crippen LogP contribution in [0.5, 0.6) is 5.75 Å². The molecular formula is C13H14ClNO4. The number of hydrogen-bond acceptors (Lipinski definition) is 5. The maximum atomic E-state index is 9.26. The molecule has 0 saturated heterocycles. The van der Waals surface area contributed by atoms with E-state index in [2.05, 4.69) is 5.16 Å². The summed E-state index contributed by atoms with van der Waals surface area (Å²) < 4.78 is 15.6. The average Bonchev–Trinajstić information content (AvgIpc) is 2.84. The fraction of sp³-hybridized carbons (Fsp3) is 0.308. The molecule has 102 valence electrons. The van der Waals surface area contributed by atoms with E-state index in [4.69, 9.17) is 25.6 Å². The normalized spacial score (nSPS) is 10.7. The van der Waals surface area contributed by atoms with Crippen LogP contribution in [0.2, 0.25) is 5.02 Å². The molecule has 0 aliphatic rings. The molecule has 2 rings (SSSR count). The van der Waals surface area contributed by atoms with Crippen LogP contribution >= 0.6 is 11.6 Å². The molecule has 0 fully saturated rings. The number of aliphatic hydroxyl groups excluding tert-OH is 1. The molecule has 1 aromatic carbocycles. The third-order valence-electron chi connectivity index (χ3n) is 2.50. The number of rotatable bonds is 6. The number of ether oxygens (including phenoxy) is 2. The zero-order chi connectivity index (χ0) is 13.7. The zero-order valence-electron chi connectivity index (χ0n) is 10.4. The Morgan fingerprint density at radius 1 is 1.37 bits per heavy atom. The van der Waals surface area contributed by atoms with Crippen LogP contribution in [0.25, 0.3) is 0 Å². The summed E-state index contributed by atoms with van der Waals surface area (Å²) in [6, 6.07) is 6.96. The second-order valence-electron chi connectivity index (χ2n) is 3.88. The third-order valence-corrected chi connectivity index (χ3v) is 2.86. The van der Waals surface area contributed by atoms with E-state index < -0.39 is 0 Å². The highest BCUT2D eigenvalue weighted by molar-refractivity contribution is 6.31. The van der Waals surface area contributed by atoms with Crippen molar-refractivity contribution in [1.29, 1.82) is 0 Å². The van der Waals surface area contributed by atoms with Crippen LogP contribution in [0.15, 0.2) is 28.8 Å². The van der Waals surface area contributed by atoms with Gasteiger partial charge in [-0.2, -0.15) is 0 Å². The summed E-state index contributed by atoms with van der Waals surface area (Å²) in [5.74, 6) is 1.17. The van der Waals surface area contributed by atoms with Crippen LogP contribution in [0.4, 0.5) is 0 Å². The Morgan fingerprint density at radius 3 is 2.95 bits per heavy atom. The minimum atomic E-state index is -0.178. The van der Waals surface area contributed by atoms with Crippen LogP contribution < -0.4 is 4.74 Å². The minimum Gasteiger partial charge on any atom is -0.487 e. The number of hydrogen-bond donors (Lipinski definition) is 1. The predicted molar refractivity (Wildman–Crippen MR) is 68.9 cm³/mol. The molecule has 5 nitrogen and oxygen atoms in total. The molecule has 0 saturated carbocycles. The molecule has 0 atom stereocenters. The molecule has 1 heterocycles. The topological polar surface area (TPSA) is 64.7 Å². The van der Waals surface area contributed by atoms with E-state index in [-0.39, 0.29) is 13.2 Å². The largest absolute Gasteiger partial charge is 0.487 e. The Kier molecular flexibility index (Phi) is 4.79. The maximum Gasteiger partial charge on any atom is 0.162 e. The summed E-state index contributed by atoms with van der Waals surface area (Å²) in [4.78, 5) is 0. The lowest BCUT2D eigenvalue weighted by atomic mass is 10.2. The van der Waals surface area contributed by atoms with E-state index in [1.54, 1.807) is 31.4 Å². The number of aromatic nitrogens is 1. The van der Waals surface area contributed by atoms with Crippen LogP contribution in [0.3, 0.4) is 0 Å². The lowest BCUT2D eigenvalue weighted by molar-refractivity contribution is 0.155. The van der Waals surface area contributed by atoms with Crippen molar-refractivity contribution in [2.24, 2.45) is 0 Å². The molecule has 0 bridgehead atoms. The van der Waals surface area contributed by atoms with Gasteiger partial charge in [-0.3, -0.25) is 0 Å².